The van der Waals surface area contributed by atoms with Crippen molar-refractivity contribution in [3.05, 3.63) is 101 Å². The number of nitrogen functional groups attached to an aromatic ring is 1. The lowest BCUT2D eigenvalue weighted by atomic mass is 10.1. The van der Waals surface area contributed by atoms with Gasteiger partial charge in [-0.2, -0.15) is 0 Å². The van der Waals surface area contributed by atoms with Gasteiger partial charge in [-0.25, -0.2) is 9.59 Å². The Kier molecular flexibility index (Phi) is 15.3. The highest BCUT2D eigenvalue weighted by molar-refractivity contribution is 9.08. The number of nitrogens with zero attached hydrogens (tertiary/aromatic N) is 8. The molecule has 0 aliphatic carbocycles. The number of amides is 4. The molecule has 2 atom stereocenters. The number of piperazine rings is 3. The average Bonchev–Trinajstić information content (AvgIpc) is 3.52. The number of ether oxygens (including phenoxy) is 2. The average molecular weight is 983 g/mol. The van der Waals surface area contributed by atoms with Gasteiger partial charge in [-0.15, -0.1) is 10.2 Å². The van der Waals surface area contributed by atoms with Crippen molar-refractivity contribution in [1.29, 1.82) is 0 Å². The number of phenols is 1. The zero-order valence-corrected chi connectivity index (χ0v) is 41.1. The van der Waals surface area contributed by atoms with E-state index in [9.17, 15) is 24.3 Å². The zero-order chi connectivity index (χ0) is 48.0. The number of aromatic nitrogens is 2. The van der Waals surface area contributed by atoms with E-state index in [0.717, 1.165) is 54.6 Å². The van der Waals surface area contributed by atoms with Crippen LogP contribution in [-0.4, -0.2) is 153 Å². The second-order valence-corrected chi connectivity index (χ2v) is 20.1. The van der Waals surface area contributed by atoms with Crippen LogP contribution in [0.15, 0.2) is 78.9 Å². The molecule has 1 aromatic heterocycles. The minimum absolute atomic E-state index is 0.00982. The van der Waals surface area contributed by atoms with Crippen LogP contribution in [0.1, 0.15) is 86.2 Å². The minimum atomic E-state index is -0.545. The Balaban J connectivity index is 0.000000244. The van der Waals surface area contributed by atoms with E-state index in [1.54, 1.807) is 26.8 Å². The van der Waals surface area contributed by atoms with Crippen LogP contribution < -0.4 is 10.6 Å². The predicted molar refractivity (Wildman–Crippen MR) is 261 cm³/mol. The first-order valence-corrected chi connectivity index (χ1v) is 24.2. The molecule has 4 aromatic rings. The van der Waals surface area contributed by atoms with Crippen LogP contribution in [0, 0.1) is 0 Å². The molecule has 0 radical (unpaired) electrons. The number of para-hydroxylation sites is 1. The fourth-order valence-corrected chi connectivity index (χ4v) is 9.26. The van der Waals surface area contributed by atoms with Gasteiger partial charge in [0.25, 0.3) is 11.8 Å². The number of benzene rings is 3. The number of anilines is 2. The molecule has 4 fully saturated rings. The van der Waals surface area contributed by atoms with Crippen molar-refractivity contribution in [2.24, 2.45) is 0 Å². The van der Waals surface area contributed by atoms with Gasteiger partial charge < -0.3 is 44.8 Å². The predicted octanol–water partition coefficient (Wildman–Crippen LogP) is 7.25. The molecule has 4 amide bonds. The SMILES string of the molecule is CC(C)(C)OC(=O)N1CCN(C(=O)c2cccc(CBr)c2)CC1.CC(C)(C)OC(=O)N1CCN(C(=O)c2cccc(CN3[C@@H]4CC[C@H]3CN(c3cc(-c5ccccc5O)nnc3N)C4)c2)CC1. The molecule has 16 nitrogen and oxygen atoms in total. The van der Waals surface area contributed by atoms with Crippen molar-refractivity contribution in [2.75, 3.05) is 76.1 Å². The quantitative estimate of drug-likeness (QED) is 0.178. The molecule has 8 rings (SSSR count). The van der Waals surface area contributed by atoms with Crippen LogP contribution in [-0.2, 0) is 21.3 Å². The number of alkyl halides is 1. The van der Waals surface area contributed by atoms with Gasteiger partial charge in [-0.05, 0) is 108 Å². The van der Waals surface area contributed by atoms with Crippen LogP contribution >= 0.6 is 15.9 Å². The van der Waals surface area contributed by atoms with Gasteiger partial charge in [0, 0.05) is 106 Å². The number of rotatable bonds is 7. The van der Waals surface area contributed by atoms with Crippen molar-refractivity contribution in [1.82, 2.24) is 34.7 Å². The number of carbonyl (C=O) groups excluding carboxylic acids is 4. The molecule has 17 heteroatoms. The molecule has 4 saturated heterocycles. The first kappa shape index (κ1) is 49.0. The third kappa shape index (κ3) is 12.5. The maximum atomic E-state index is 13.4. The van der Waals surface area contributed by atoms with Gasteiger partial charge in [0.1, 0.15) is 17.0 Å². The van der Waals surface area contributed by atoms with Gasteiger partial charge >= 0.3 is 12.2 Å². The van der Waals surface area contributed by atoms with E-state index in [-0.39, 0.29) is 29.8 Å². The van der Waals surface area contributed by atoms with E-state index in [1.807, 2.05) is 107 Å². The molecule has 2 bridgehead atoms. The summed E-state index contributed by atoms with van der Waals surface area (Å²) in [7, 11) is 0. The highest BCUT2D eigenvalue weighted by Crippen LogP contribution is 2.37. The lowest BCUT2D eigenvalue weighted by Gasteiger charge is -2.42. The Labute approximate surface area is 402 Å². The van der Waals surface area contributed by atoms with Crippen molar-refractivity contribution in [3.63, 3.8) is 0 Å². The van der Waals surface area contributed by atoms with Crippen LogP contribution in [0.5, 0.6) is 5.75 Å². The number of fused-ring (bicyclic) bond motifs is 2. The monoisotopic (exact) mass is 981 g/mol. The summed E-state index contributed by atoms with van der Waals surface area (Å²) < 4.78 is 10.9. The fourth-order valence-electron chi connectivity index (χ4n) is 8.91. The first-order valence-electron chi connectivity index (χ1n) is 23.1. The van der Waals surface area contributed by atoms with Gasteiger partial charge in [0.2, 0.25) is 0 Å². The molecule has 0 saturated carbocycles. The second-order valence-electron chi connectivity index (χ2n) is 19.5. The maximum absolute atomic E-state index is 13.4. The summed E-state index contributed by atoms with van der Waals surface area (Å²) in [4.78, 5) is 62.2. The van der Waals surface area contributed by atoms with E-state index >= 15 is 0 Å². The van der Waals surface area contributed by atoms with Crippen LogP contribution in [0.3, 0.4) is 0 Å². The highest BCUT2D eigenvalue weighted by Gasteiger charge is 2.41. The molecular weight excluding hydrogens is 919 g/mol. The van der Waals surface area contributed by atoms with E-state index < -0.39 is 11.2 Å². The summed E-state index contributed by atoms with van der Waals surface area (Å²) in [5.74, 6) is 0.544. The highest BCUT2D eigenvalue weighted by atomic mass is 79.9. The zero-order valence-electron chi connectivity index (χ0n) is 39.5. The van der Waals surface area contributed by atoms with E-state index in [0.29, 0.717) is 92.6 Å². The molecule has 4 aliphatic heterocycles. The molecule has 0 spiro atoms. The molecule has 67 heavy (non-hydrogen) atoms. The topological polar surface area (TPSA) is 178 Å². The minimum Gasteiger partial charge on any atom is -0.507 e. The van der Waals surface area contributed by atoms with Crippen LogP contribution in [0.2, 0.25) is 0 Å². The Morgan fingerprint density at radius 3 is 1.63 bits per heavy atom. The number of phenolic OH excluding ortho intramolecular Hbond substituents is 1. The van der Waals surface area contributed by atoms with Gasteiger partial charge in [0.05, 0.1) is 11.4 Å². The molecule has 3 aromatic carbocycles. The molecular formula is C50H64BrN9O7. The number of aromatic hydroxyl groups is 1. The van der Waals surface area contributed by atoms with Crippen molar-refractivity contribution in [3.8, 4) is 17.0 Å². The fraction of sp³-hybridized carbons (Fsp3) is 0.480. The smallest absolute Gasteiger partial charge is 0.410 e. The normalized spacial score (nSPS) is 18.8. The third-order valence-corrected chi connectivity index (χ3v) is 12.9. The van der Waals surface area contributed by atoms with Gasteiger partial charge in [-0.1, -0.05) is 52.3 Å². The Hall–Kier alpha value is -5.94. The van der Waals surface area contributed by atoms with E-state index in [2.05, 4.69) is 42.0 Å². The molecule has 0 unspecified atom stereocenters. The standard InChI is InChI=1S/C33H41N7O4.C17H23BrN2O3/c1-33(2,3)44-32(43)38-15-13-37(14-16-38)31(42)23-8-6-7-22(17-23)19-40-24-11-12-25(40)21-39(20-24)28-18-27(35-36-30(28)34)26-9-4-5-10-29(26)41;1-17(2,3)23-16(22)20-9-7-19(8-10-20)15(21)14-6-4-5-13(11-14)12-18/h4-10,17-18,24-25,41H,11-16,19-21H2,1-3H3,(H2,34,36);4-6,11H,7-10,12H2,1-3H3/t24-,25+;. The van der Waals surface area contributed by atoms with Crippen molar-refractivity contribution < 1.29 is 33.8 Å². The Morgan fingerprint density at radius 2 is 1.13 bits per heavy atom. The number of carbonyl (C=O) groups is 4. The molecule has 5 heterocycles. The summed E-state index contributed by atoms with van der Waals surface area (Å²) in [5, 5.41) is 19.5. The van der Waals surface area contributed by atoms with E-state index in [4.69, 9.17) is 15.2 Å². The Bertz CT molecular complexity index is 2390. The summed E-state index contributed by atoms with van der Waals surface area (Å²) in [6.07, 6.45) is 1.53. The first-order chi connectivity index (χ1) is 31.9. The Morgan fingerprint density at radius 1 is 0.657 bits per heavy atom. The number of hydrogen-bond acceptors (Lipinski definition) is 12. The number of halogens is 1. The summed E-state index contributed by atoms with van der Waals surface area (Å²) in [5.41, 5.74) is 10.9. The maximum Gasteiger partial charge on any atom is 0.410 e. The molecule has 358 valence electrons. The second kappa shape index (κ2) is 20.9. The summed E-state index contributed by atoms with van der Waals surface area (Å²) in [6, 6.07) is 25.2. The largest absolute Gasteiger partial charge is 0.507 e. The summed E-state index contributed by atoms with van der Waals surface area (Å²) in [6.45, 7) is 17.4. The van der Waals surface area contributed by atoms with Gasteiger partial charge in [0.15, 0.2) is 5.82 Å². The number of nitrogens with two attached hydrogens (primary N) is 1. The lowest BCUT2D eigenvalue weighted by Crippen LogP contribution is -2.53. The van der Waals surface area contributed by atoms with Crippen LogP contribution in [0.25, 0.3) is 11.3 Å². The van der Waals surface area contributed by atoms with Gasteiger partial charge in [-0.3, -0.25) is 14.5 Å². The van der Waals surface area contributed by atoms with Crippen molar-refractivity contribution >= 4 is 51.4 Å². The van der Waals surface area contributed by atoms with E-state index in [1.165, 1.54) is 0 Å². The van der Waals surface area contributed by atoms with Crippen molar-refractivity contribution in [2.45, 2.75) is 89.5 Å². The molecule has 4 aliphatic rings. The molecule has 3 N–H and O–H groups in total. The van der Waals surface area contributed by atoms with Crippen LogP contribution in [0.4, 0.5) is 21.1 Å². The lowest BCUT2D eigenvalue weighted by molar-refractivity contribution is 0.0136. The summed E-state index contributed by atoms with van der Waals surface area (Å²) >= 11 is 3.40. The number of hydrogen-bond donors (Lipinski definition) is 2. The third-order valence-electron chi connectivity index (χ3n) is 12.3.